The van der Waals surface area contributed by atoms with Crippen LogP contribution in [-0.4, -0.2) is 31.9 Å². The van der Waals surface area contributed by atoms with Crippen LogP contribution in [0.4, 0.5) is 5.69 Å². The number of methoxy groups -OCH3 is 2. The molecule has 0 unspecified atom stereocenters. The smallest absolute Gasteiger partial charge is 0.264 e. The van der Waals surface area contributed by atoms with E-state index < -0.39 is 0 Å². The van der Waals surface area contributed by atoms with E-state index in [1.54, 1.807) is 32.4 Å². The summed E-state index contributed by atoms with van der Waals surface area (Å²) >= 11 is 1.27. The molecule has 29 heavy (non-hydrogen) atoms. The Labute approximate surface area is 174 Å². The first-order valence-electron chi connectivity index (χ1n) is 8.90. The lowest BCUT2D eigenvalue weighted by molar-refractivity contribution is -0.115. The van der Waals surface area contributed by atoms with Crippen LogP contribution in [0.1, 0.15) is 11.1 Å². The van der Waals surface area contributed by atoms with E-state index in [4.69, 9.17) is 14.2 Å². The third-order valence-corrected chi connectivity index (χ3v) is 4.96. The Morgan fingerprint density at radius 3 is 2.59 bits per heavy atom. The molecule has 0 atom stereocenters. The number of ether oxygens (including phenoxy) is 3. The number of carbonyl (C=O) groups excluding carboxylic acids is 1. The van der Waals surface area contributed by atoms with Gasteiger partial charge in [-0.2, -0.15) is 0 Å². The van der Waals surface area contributed by atoms with E-state index in [1.165, 1.54) is 11.8 Å². The lowest BCUT2D eigenvalue weighted by Crippen LogP contribution is -2.19. The van der Waals surface area contributed by atoms with Gasteiger partial charge in [-0.1, -0.05) is 24.8 Å². The highest BCUT2D eigenvalue weighted by atomic mass is 32.2. The molecular weight excluding hydrogens is 388 g/mol. The molecule has 1 aliphatic rings. The van der Waals surface area contributed by atoms with Crippen molar-refractivity contribution < 1.29 is 19.0 Å². The molecule has 0 spiro atoms. The van der Waals surface area contributed by atoms with Crippen molar-refractivity contribution in [3.8, 4) is 17.2 Å². The molecule has 1 amide bonds. The summed E-state index contributed by atoms with van der Waals surface area (Å²) in [4.78, 5) is 17.5. The summed E-state index contributed by atoms with van der Waals surface area (Å²) in [5.41, 5.74) is 2.54. The van der Waals surface area contributed by atoms with Gasteiger partial charge in [-0.25, -0.2) is 4.99 Å². The van der Waals surface area contributed by atoms with Crippen molar-refractivity contribution in [2.75, 3.05) is 20.8 Å². The van der Waals surface area contributed by atoms with Gasteiger partial charge in [-0.15, -0.1) is 0 Å². The summed E-state index contributed by atoms with van der Waals surface area (Å²) in [6.07, 6.45) is 3.45. The van der Waals surface area contributed by atoms with Crippen LogP contribution in [0.25, 0.3) is 6.08 Å². The molecule has 2 aromatic rings. The van der Waals surface area contributed by atoms with Gasteiger partial charge in [0.2, 0.25) is 0 Å². The predicted octanol–water partition coefficient (Wildman–Crippen LogP) is 4.47. The van der Waals surface area contributed by atoms with Gasteiger partial charge in [0.05, 0.1) is 19.1 Å². The maximum absolute atomic E-state index is 12.4. The van der Waals surface area contributed by atoms with E-state index in [0.717, 1.165) is 11.1 Å². The fourth-order valence-corrected chi connectivity index (χ4v) is 3.51. The molecule has 0 aromatic heterocycles. The zero-order valence-corrected chi connectivity index (χ0v) is 17.3. The van der Waals surface area contributed by atoms with Crippen LogP contribution in [0.2, 0.25) is 0 Å². The van der Waals surface area contributed by atoms with Crippen LogP contribution in [0.5, 0.6) is 17.2 Å². The Bertz CT molecular complexity index is 998. The standard InChI is InChI=1S/C22H22N2O4S/c1-5-10-28-18-9-7-15(12-19(18)27-4)13-20-21(25)24-22(29-20)23-16-11-14(2)6-8-17(16)26-3/h5-9,11-13H,1,10H2,2-4H3,(H,23,24,25)/b20-13-. The first kappa shape index (κ1) is 20.5. The molecule has 7 heteroatoms. The van der Waals surface area contributed by atoms with Crippen molar-refractivity contribution >= 4 is 34.6 Å². The number of carbonyl (C=O) groups is 1. The number of amidine groups is 1. The number of thioether (sulfide) groups is 1. The summed E-state index contributed by atoms with van der Waals surface area (Å²) in [5, 5.41) is 3.30. The summed E-state index contributed by atoms with van der Waals surface area (Å²) in [7, 11) is 3.17. The highest BCUT2D eigenvalue weighted by Gasteiger charge is 2.24. The van der Waals surface area contributed by atoms with Crippen molar-refractivity contribution in [2.24, 2.45) is 4.99 Å². The molecule has 1 N–H and O–H groups in total. The number of rotatable bonds is 7. The Kier molecular flexibility index (Phi) is 6.61. The molecule has 0 bridgehead atoms. The molecule has 2 aromatic carbocycles. The number of hydrogen-bond acceptors (Lipinski definition) is 6. The van der Waals surface area contributed by atoms with Gasteiger partial charge in [0.25, 0.3) is 5.91 Å². The molecule has 6 nitrogen and oxygen atoms in total. The second-order valence-corrected chi connectivity index (χ2v) is 7.20. The maximum atomic E-state index is 12.4. The minimum absolute atomic E-state index is 0.202. The first-order chi connectivity index (χ1) is 14.0. The Morgan fingerprint density at radius 2 is 1.86 bits per heavy atom. The molecule has 1 saturated heterocycles. The van der Waals surface area contributed by atoms with E-state index in [2.05, 4.69) is 16.9 Å². The Balaban J connectivity index is 1.84. The van der Waals surface area contributed by atoms with Gasteiger partial charge >= 0.3 is 0 Å². The predicted molar refractivity (Wildman–Crippen MR) is 117 cm³/mol. The van der Waals surface area contributed by atoms with Gasteiger partial charge in [-0.3, -0.25) is 4.79 Å². The zero-order chi connectivity index (χ0) is 20.8. The lowest BCUT2D eigenvalue weighted by atomic mass is 10.2. The maximum Gasteiger partial charge on any atom is 0.264 e. The molecule has 1 heterocycles. The van der Waals surface area contributed by atoms with Crippen molar-refractivity contribution in [1.82, 2.24) is 5.32 Å². The summed E-state index contributed by atoms with van der Waals surface area (Å²) in [6, 6.07) is 11.2. The van der Waals surface area contributed by atoms with Gasteiger partial charge in [0.1, 0.15) is 18.0 Å². The van der Waals surface area contributed by atoms with Crippen molar-refractivity contribution in [1.29, 1.82) is 0 Å². The monoisotopic (exact) mass is 410 g/mol. The minimum atomic E-state index is -0.202. The quantitative estimate of drug-likeness (QED) is 0.539. The number of nitrogens with one attached hydrogen (secondary N) is 1. The van der Waals surface area contributed by atoms with Crippen LogP contribution >= 0.6 is 11.8 Å². The highest BCUT2D eigenvalue weighted by Crippen LogP contribution is 2.34. The number of benzene rings is 2. The van der Waals surface area contributed by atoms with Gasteiger partial charge in [0, 0.05) is 0 Å². The van der Waals surface area contributed by atoms with E-state index in [1.807, 2.05) is 37.3 Å². The van der Waals surface area contributed by atoms with E-state index in [0.29, 0.717) is 39.6 Å². The second kappa shape index (κ2) is 9.34. The summed E-state index contributed by atoms with van der Waals surface area (Å²) < 4.78 is 16.3. The van der Waals surface area contributed by atoms with Crippen LogP contribution in [0.15, 0.2) is 59.0 Å². The number of hydrogen-bond donors (Lipinski definition) is 1. The normalized spacial score (nSPS) is 16.0. The average Bonchev–Trinajstić information content (AvgIpc) is 3.05. The SMILES string of the molecule is C=CCOc1ccc(/C=C2\SC(=Nc3cc(C)ccc3OC)NC2=O)cc1OC. The molecule has 1 aliphatic heterocycles. The third kappa shape index (κ3) is 5.00. The molecule has 1 fully saturated rings. The zero-order valence-electron chi connectivity index (χ0n) is 16.5. The lowest BCUT2D eigenvalue weighted by Gasteiger charge is -2.09. The molecule has 150 valence electrons. The second-order valence-electron chi connectivity index (χ2n) is 6.17. The number of aliphatic imine (C=N–C) groups is 1. The van der Waals surface area contributed by atoms with Gasteiger partial charge in [0.15, 0.2) is 16.7 Å². The Hall–Kier alpha value is -3.19. The largest absolute Gasteiger partial charge is 0.494 e. The molecule has 3 rings (SSSR count). The van der Waals surface area contributed by atoms with Crippen LogP contribution in [0.3, 0.4) is 0 Å². The van der Waals surface area contributed by atoms with Crippen LogP contribution < -0.4 is 19.5 Å². The average molecular weight is 410 g/mol. The fourth-order valence-electron chi connectivity index (χ4n) is 2.67. The van der Waals surface area contributed by atoms with Gasteiger partial charge < -0.3 is 19.5 Å². The summed E-state index contributed by atoms with van der Waals surface area (Å²) in [6.45, 7) is 6.00. The van der Waals surface area contributed by atoms with E-state index in [-0.39, 0.29) is 5.91 Å². The minimum Gasteiger partial charge on any atom is -0.494 e. The van der Waals surface area contributed by atoms with Crippen molar-refractivity contribution in [3.63, 3.8) is 0 Å². The third-order valence-electron chi connectivity index (χ3n) is 4.05. The molecule has 0 aliphatic carbocycles. The summed E-state index contributed by atoms with van der Waals surface area (Å²) in [5.74, 6) is 1.65. The fraction of sp³-hybridized carbons (Fsp3) is 0.182. The highest BCUT2D eigenvalue weighted by molar-refractivity contribution is 8.18. The van der Waals surface area contributed by atoms with E-state index >= 15 is 0 Å². The number of aryl methyl sites for hydroxylation is 1. The van der Waals surface area contributed by atoms with Gasteiger partial charge in [-0.05, 0) is 60.2 Å². The first-order valence-corrected chi connectivity index (χ1v) is 9.71. The van der Waals surface area contributed by atoms with E-state index in [9.17, 15) is 4.79 Å². The molecular formula is C22H22N2O4S. The number of amides is 1. The van der Waals surface area contributed by atoms with Crippen LogP contribution in [0, 0.1) is 6.92 Å². The van der Waals surface area contributed by atoms with Crippen LogP contribution in [-0.2, 0) is 4.79 Å². The van der Waals surface area contributed by atoms with Crippen molar-refractivity contribution in [2.45, 2.75) is 6.92 Å². The molecule has 0 saturated carbocycles. The Morgan fingerprint density at radius 1 is 1.10 bits per heavy atom. The topological polar surface area (TPSA) is 69.2 Å². The number of nitrogens with zero attached hydrogens (tertiary/aromatic N) is 1. The van der Waals surface area contributed by atoms with Crippen molar-refractivity contribution in [3.05, 3.63) is 65.1 Å². The molecule has 0 radical (unpaired) electrons.